The molecule has 2 N–H and O–H groups in total. The van der Waals surface area contributed by atoms with Gasteiger partial charge in [-0.25, -0.2) is 4.98 Å². The van der Waals surface area contributed by atoms with Gasteiger partial charge in [-0.2, -0.15) is 0 Å². The number of nitrogens with two attached hydrogens (primary N) is 1. The number of aromatic nitrogens is 1. The zero-order chi connectivity index (χ0) is 20.7. The van der Waals surface area contributed by atoms with Gasteiger partial charge in [-0.1, -0.05) is 52.3 Å². The third-order valence-electron chi connectivity index (χ3n) is 4.87. The van der Waals surface area contributed by atoms with Crippen LogP contribution in [0.2, 0.25) is 0 Å². The van der Waals surface area contributed by atoms with E-state index in [0.717, 1.165) is 26.2 Å². The topological polar surface area (TPSA) is 69.1 Å². The zero-order valence-corrected chi connectivity index (χ0v) is 18.0. The number of carbonyl (C=O) groups excluding carboxylic acids is 1. The summed E-state index contributed by atoms with van der Waals surface area (Å²) in [6, 6.07) is 23.0. The van der Waals surface area contributed by atoms with E-state index < -0.39 is 0 Å². The second-order valence-corrected chi connectivity index (χ2v) is 8.62. The molecule has 0 saturated carbocycles. The Bertz CT molecular complexity index is 1360. The van der Waals surface area contributed by atoms with Gasteiger partial charge in [-0.05, 0) is 41.8 Å². The van der Waals surface area contributed by atoms with Crippen LogP contribution in [0, 0.1) is 0 Å². The molecule has 2 aromatic carbocycles. The number of ketones is 1. The number of thiophene rings is 1. The van der Waals surface area contributed by atoms with Crippen molar-refractivity contribution in [2.45, 2.75) is 0 Å². The highest BCUT2D eigenvalue weighted by atomic mass is 79.9. The predicted molar refractivity (Wildman–Crippen MR) is 125 cm³/mol. The second-order valence-electron chi connectivity index (χ2n) is 6.76. The maximum absolute atomic E-state index is 13.1. The number of nitrogen functional groups attached to an aromatic ring is 1. The molecule has 0 aliphatic heterocycles. The van der Waals surface area contributed by atoms with Gasteiger partial charge in [0.2, 0.25) is 17.3 Å². The van der Waals surface area contributed by atoms with Crippen LogP contribution in [0.25, 0.3) is 32.8 Å². The first-order chi connectivity index (χ1) is 14.6. The summed E-state index contributed by atoms with van der Waals surface area (Å²) in [5, 5.41) is 2.67. The Labute approximate surface area is 185 Å². The fourth-order valence-corrected chi connectivity index (χ4v) is 4.42. The number of furan rings is 1. The molecule has 146 valence electrons. The number of hydrogen-bond donors (Lipinski definition) is 1. The third-order valence-corrected chi connectivity index (χ3v) is 6.30. The zero-order valence-electron chi connectivity index (χ0n) is 15.6. The Morgan fingerprint density at radius 3 is 2.47 bits per heavy atom. The van der Waals surface area contributed by atoms with E-state index in [1.54, 1.807) is 23.5 Å². The van der Waals surface area contributed by atoms with Crippen molar-refractivity contribution in [1.82, 2.24) is 4.98 Å². The summed E-state index contributed by atoms with van der Waals surface area (Å²) < 4.78 is 6.85. The molecule has 5 rings (SSSR count). The average Bonchev–Trinajstić information content (AvgIpc) is 3.42. The normalized spacial score (nSPS) is 11.1. The van der Waals surface area contributed by atoms with E-state index in [0.29, 0.717) is 22.4 Å². The van der Waals surface area contributed by atoms with Crippen LogP contribution in [0.1, 0.15) is 16.1 Å². The van der Waals surface area contributed by atoms with Crippen LogP contribution in [0.3, 0.4) is 0 Å². The van der Waals surface area contributed by atoms with Gasteiger partial charge in [-0.3, -0.25) is 4.79 Å². The molecule has 0 aliphatic rings. The van der Waals surface area contributed by atoms with Crippen LogP contribution < -0.4 is 5.73 Å². The first-order valence-electron chi connectivity index (χ1n) is 9.24. The summed E-state index contributed by atoms with van der Waals surface area (Å²) in [7, 11) is 0. The van der Waals surface area contributed by atoms with Gasteiger partial charge in [0.25, 0.3) is 0 Å². The number of halogens is 1. The van der Waals surface area contributed by atoms with Crippen LogP contribution in [0.4, 0.5) is 5.69 Å². The number of hydrogen-bond acceptors (Lipinski definition) is 5. The number of benzene rings is 2. The quantitative estimate of drug-likeness (QED) is 0.290. The monoisotopic (exact) mass is 474 g/mol. The van der Waals surface area contributed by atoms with Crippen LogP contribution in [-0.2, 0) is 0 Å². The number of pyridine rings is 1. The highest BCUT2D eigenvalue weighted by molar-refractivity contribution is 9.10. The molecule has 0 fully saturated rings. The number of fused-ring (bicyclic) bond motifs is 1. The largest absolute Gasteiger partial charge is 0.432 e. The van der Waals surface area contributed by atoms with Gasteiger partial charge in [0.1, 0.15) is 0 Å². The first-order valence-corrected chi connectivity index (χ1v) is 10.9. The highest BCUT2D eigenvalue weighted by Crippen LogP contribution is 2.40. The van der Waals surface area contributed by atoms with E-state index in [4.69, 9.17) is 10.2 Å². The number of carbonyl (C=O) groups is 1. The number of nitrogens with zero attached hydrogens (tertiary/aromatic N) is 1. The second kappa shape index (κ2) is 7.55. The minimum absolute atomic E-state index is 0.114. The Hall–Kier alpha value is -3.22. The van der Waals surface area contributed by atoms with Crippen molar-refractivity contribution >= 4 is 49.8 Å². The Kier molecular flexibility index (Phi) is 4.73. The Morgan fingerprint density at radius 2 is 1.77 bits per heavy atom. The predicted octanol–water partition coefficient (Wildman–Crippen LogP) is 6.80. The Balaban J connectivity index is 1.74. The molecule has 0 unspecified atom stereocenters. The van der Waals surface area contributed by atoms with Crippen LogP contribution in [0.5, 0.6) is 0 Å². The van der Waals surface area contributed by atoms with E-state index in [1.807, 2.05) is 66.0 Å². The van der Waals surface area contributed by atoms with Gasteiger partial charge >= 0.3 is 0 Å². The van der Waals surface area contributed by atoms with Crippen molar-refractivity contribution in [3.8, 4) is 21.7 Å². The Morgan fingerprint density at radius 1 is 1.00 bits per heavy atom. The minimum atomic E-state index is -0.267. The molecule has 0 amide bonds. The van der Waals surface area contributed by atoms with Gasteiger partial charge in [0, 0.05) is 26.0 Å². The van der Waals surface area contributed by atoms with Crippen molar-refractivity contribution in [3.05, 3.63) is 94.0 Å². The molecule has 30 heavy (non-hydrogen) atoms. The van der Waals surface area contributed by atoms with E-state index in [2.05, 4.69) is 20.9 Å². The van der Waals surface area contributed by atoms with Gasteiger partial charge in [0.15, 0.2) is 0 Å². The third kappa shape index (κ3) is 3.24. The minimum Gasteiger partial charge on any atom is -0.432 e. The molecule has 0 radical (unpaired) electrons. The lowest BCUT2D eigenvalue weighted by Gasteiger charge is -2.06. The summed E-state index contributed by atoms with van der Waals surface area (Å²) in [6.45, 7) is 0. The number of rotatable bonds is 4. The lowest BCUT2D eigenvalue weighted by Crippen LogP contribution is -2.02. The van der Waals surface area contributed by atoms with Crippen LogP contribution >= 0.6 is 27.3 Å². The van der Waals surface area contributed by atoms with E-state index >= 15 is 0 Å². The molecule has 0 aliphatic carbocycles. The SMILES string of the molecule is Nc1c(C(=O)c2ccc(Br)cc2)oc2nc(-c3ccccc3)cc(-c3cccs3)c12. The molecule has 3 heterocycles. The summed E-state index contributed by atoms with van der Waals surface area (Å²) in [5.74, 6) is -0.153. The molecule has 6 heteroatoms. The lowest BCUT2D eigenvalue weighted by atomic mass is 10.0. The summed E-state index contributed by atoms with van der Waals surface area (Å²) >= 11 is 4.99. The van der Waals surface area contributed by atoms with Crippen LogP contribution in [-0.4, -0.2) is 10.8 Å². The molecule has 0 spiro atoms. The first kappa shape index (κ1) is 18.8. The van der Waals surface area contributed by atoms with Gasteiger partial charge in [-0.15, -0.1) is 11.3 Å². The van der Waals surface area contributed by atoms with Crippen molar-refractivity contribution in [2.75, 3.05) is 5.73 Å². The van der Waals surface area contributed by atoms with Crippen molar-refractivity contribution in [2.24, 2.45) is 0 Å². The average molecular weight is 475 g/mol. The molecule has 4 nitrogen and oxygen atoms in total. The summed E-state index contributed by atoms with van der Waals surface area (Å²) in [5.41, 5.74) is 10.3. The summed E-state index contributed by atoms with van der Waals surface area (Å²) in [6.07, 6.45) is 0. The molecular weight excluding hydrogens is 460 g/mol. The van der Waals surface area contributed by atoms with E-state index in [9.17, 15) is 4.79 Å². The fourth-order valence-electron chi connectivity index (χ4n) is 3.40. The smallest absolute Gasteiger partial charge is 0.230 e. The molecule has 5 aromatic rings. The van der Waals surface area contributed by atoms with Crippen molar-refractivity contribution < 1.29 is 9.21 Å². The molecule has 0 atom stereocenters. The van der Waals surface area contributed by atoms with Crippen molar-refractivity contribution in [3.63, 3.8) is 0 Å². The molecular formula is C24H15BrN2O2S. The van der Waals surface area contributed by atoms with Crippen molar-refractivity contribution in [1.29, 1.82) is 0 Å². The lowest BCUT2D eigenvalue weighted by molar-refractivity contribution is 0.101. The van der Waals surface area contributed by atoms with Gasteiger partial charge in [0.05, 0.1) is 16.8 Å². The maximum Gasteiger partial charge on any atom is 0.230 e. The fraction of sp³-hybridized carbons (Fsp3) is 0. The van der Waals surface area contributed by atoms with E-state index in [1.165, 1.54) is 0 Å². The van der Waals surface area contributed by atoms with Gasteiger partial charge < -0.3 is 10.2 Å². The molecule has 0 saturated heterocycles. The highest BCUT2D eigenvalue weighted by Gasteiger charge is 2.24. The van der Waals surface area contributed by atoms with Crippen LogP contribution in [0.15, 0.2) is 87.1 Å². The summed E-state index contributed by atoms with van der Waals surface area (Å²) in [4.78, 5) is 18.8. The number of anilines is 1. The molecule has 3 aromatic heterocycles. The standard InChI is InChI=1S/C24H15BrN2O2S/c25-16-10-8-15(9-11-16)22(28)23-21(26)20-17(19-7-4-12-30-19)13-18(27-24(20)29-23)14-5-2-1-3-6-14/h1-13H,26H2. The van der Waals surface area contributed by atoms with E-state index in [-0.39, 0.29) is 11.5 Å². The molecule has 0 bridgehead atoms. The maximum atomic E-state index is 13.1.